The predicted molar refractivity (Wildman–Crippen MR) is 67.0 cm³/mol. The van der Waals surface area contributed by atoms with Gasteiger partial charge in [0.25, 0.3) is 0 Å². The molecule has 18 heavy (non-hydrogen) atoms. The number of rotatable bonds is 4. The zero-order chi connectivity index (χ0) is 13.0. The van der Waals surface area contributed by atoms with Gasteiger partial charge in [-0.1, -0.05) is 0 Å². The largest absolute Gasteiger partial charge is 0.367 e. The highest BCUT2D eigenvalue weighted by Crippen LogP contribution is 2.16. The summed E-state index contributed by atoms with van der Waals surface area (Å²) in [4.78, 5) is 6.96. The molecule has 0 aliphatic heterocycles. The summed E-state index contributed by atoms with van der Waals surface area (Å²) in [5.74, 6) is 0.542. The molecule has 2 N–H and O–H groups in total. The number of H-pyrrole nitrogens is 1. The van der Waals surface area contributed by atoms with Gasteiger partial charge in [0.2, 0.25) is 0 Å². The summed E-state index contributed by atoms with van der Waals surface area (Å²) in [7, 11) is 0. The Kier molecular flexibility index (Phi) is 3.53. The first-order valence-electron chi connectivity index (χ1n) is 5.67. The van der Waals surface area contributed by atoms with Gasteiger partial charge >= 0.3 is 0 Å². The molecule has 2 rings (SSSR count). The number of hydrogen-bond donors (Lipinski definition) is 2. The number of imidazole rings is 1. The van der Waals surface area contributed by atoms with Gasteiger partial charge in [0, 0.05) is 24.9 Å². The Hall–Kier alpha value is -2.42. The smallest absolute Gasteiger partial charge is 0.166 e. The van der Waals surface area contributed by atoms with Crippen molar-refractivity contribution >= 4 is 5.82 Å². The molecular formula is C12H14N6. The van der Waals surface area contributed by atoms with Crippen molar-refractivity contribution in [2.24, 2.45) is 0 Å². The molecule has 0 aliphatic rings. The molecule has 0 unspecified atom stereocenters. The van der Waals surface area contributed by atoms with E-state index in [0.29, 0.717) is 17.9 Å². The number of nitrogens with zero attached hydrogens (tertiary/aromatic N) is 4. The lowest BCUT2D eigenvalue weighted by molar-refractivity contribution is 0.917. The third kappa shape index (κ3) is 2.46. The highest BCUT2D eigenvalue weighted by atomic mass is 15.2. The number of aryl methyl sites for hydroxylation is 1. The Labute approximate surface area is 105 Å². The second-order valence-electron chi connectivity index (χ2n) is 4.00. The van der Waals surface area contributed by atoms with Gasteiger partial charge in [-0.2, -0.15) is 10.4 Å². The average molecular weight is 242 g/mol. The molecule has 6 heteroatoms. The zero-order valence-electron chi connectivity index (χ0n) is 10.4. The first-order valence-corrected chi connectivity index (χ1v) is 5.67. The van der Waals surface area contributed by atoms with Gasteiger partial charge in [-0.15, -0.1) is 5.10 Å². The maximum absolute atomic E-state index is 9.13. The minimum Gasteiger partial charge on any atom is -0.367 e. The summed E-state index contributed by atoms with van der Waals surface area (Å²) >= 11 is 0. The van der Waals surface area contributed by atoms with Crippen LogP contribution >= 0.6 is 0 Å². The fourth-order valence-electron chi connectivity index (χ4n) is 1.61. The van der Waals surface area contributed by atoms with E-state index in [2.05, 4.69) is 31.6 Å². The predicted octanol–water partition coefficient (Wildman–Crippen LogP) is 1.34. The molecule has 92 valence electrons. The summed E-state index contributed by atoms with van der Waals surface area (Å²) in [6.45, 7) is 4.40. The third-order valence-corrected chi connectivity index (χ3v) is 2.81. The summed E-state index contributed by atoms with van der Waals surface area (Å²) < 4.78 is 0. The molecule has 0 saturated heterocycles. The van der Waals surface area contributed by atoms with Crippen LogP contribution in [0.15, 0.2) is 12.5 Å². The normalized spacial score (nSPS) is 10.1. The molecule has 0 atom stereocenters. The Morgan fingerprint density at radius 2 is 2.22 bits per heavy atom. The number of aromatic nitrogens is 4. The average Bonchev–Trinajstić information content (AvgIpc) is 2.87. The van der Waals surface area contributed by atoms with Gasteiger partial charge in [0.15, 0.2) is 5.82 Å². The van der Waals surface area contributed by atoms with Crippen molar-refractivity contribution in [1.82, 2.24) is 20.2 Å². The number of anilines is 1. The highest BCUT2D eigenvalue weighted by molar-refractivity contribution is 5.55. The maximum Gasteiger partial charge on any atom is 0.166 e. The minimum absolute atomic E-state index is 0.542. The van der Waals surface area contributed by atoms with Crippen molar-refractivity contribution in [1.29, 1.82) is 5.26 Å². The SMILES string of the molecule is Cc1nnc(NCCc2cnc[nH]2)c(C#N)c1C. The van der Waals surface area contributed by atoms with Crippen LogP contribution in [0.4, 0.5) is 5.82 Å². The molecule has 2 aromatic rings. The second kappa shape index (κ2) is 5.27. The van der Waals surface area contributed by atoms with Crippen molar-refractivity contribution in [2.75, 3.05) is 11.9 Å². The Morgan fingerprint density at radius 1 is 1.39 bits per heavy atom. The third-order valence-electron chi connectivity index (χ3n) is 2.81. The molecule has 0 amide bonds. The fraction of sp³-hybridized carbons (Fsp3) is 0.333. The van der Waals surface area contributed by atoms with Gasteiger partial charge in [-0.3, -0.25) is 0 Å². The summed E-state index contributed by atoms with van der Waals surface area (Å²) in [6.07, 6.45) is 4.21. The molecule has 0 bridgehead atoms. The minimum atomic E-state index is 0.542. The monoisotopic (exact) mass is 242 g/mol. The van der Waals surface area contributed by atoms with Crippen LogP contribution in [0.3, 0.4) is 0 Å². The second-order valence-corrected chi connectivity index (χ2v) is 4.00. The van der Waals surface area contributed by atoms with Crippen LogP contribution in [-0.2, 0) is 6.42 Å². The molecule has 2 heterocycles. The van der Waals surface area contributed by atoms with Crippen molar-refractivity contribution in [2.45, 2.75) is 20.3 Å². The molecular weight excluding hydrogens is 228 g/mol. The summed E-state index contributed by atoms with van der Waals surface area (Å²) in [5, 5.41) is 20.3. The van der Waals surface area contributed by atoms with Gasteiger partial charge in [0.05, 0.1) is 12.0 Å². The number of hydrogen-bond acceptors (Lipinski definition) is 5. The Balaban J connectivity index is 2.06. The van der Waals surface area contributed by atoms with Crippen LogP contribution in [0.2, 0.25) is 0 Å². The van der Waals surface area contributed by atoms with E-state index >= 15 is 0 Å². The van der Waals surface area contributed by atoms with E-state index in [1.165, 1.54) is 0 Å². The molecule has 6 nitrogen and oxygen atoms in total. The van der Waals surface area contributed by atoms with Gasteiger partial charge in [0.1, 0.15) is 11.6 Å². The lowest BCUT2D eigenvalue weighted by atomic mass is 10.1. The zero-order valence-corrected chi connectivity index (χ0v) is 10.4. The van der Waals surface area contributed by atoms with Gasteiger partial charge in [-0.05, 0) is 19.4 Å². The summed E-state index contributed by atoms with van der Waals surface area (Å²) in [6, 6.07) is 2.16. The van der Waals surface area contributed by atoms with Crippen LogP contribution in [0.25, 0.3) is 0 Å². The van der Waals surface area contributed by atoms with Crippen molar-refractivity contribution in [3.05, 3.63) is 35.0 Å². The van der Waals surface area contributed by atoms with Crippen LogP contribution in [0, 0.1) is 25.2 Å². The first-order chi connectivity index (χ1) is 8.72. The Bertz CT molecular complexity index is 567. The van der Waals surface area contributed by atoms with Crippen LogP contribution < -0.4 is 5.32 Å². The maximum atomic E-state index is 9.13. The number of nitrogens with one attached hydrogen (secondary N) is 2. The van der Waals surface area contributed by atoms with Gasteiger partial charge < -0.3 is 10.3 Å². The molecule has 0 spiro atoms. The van der Waals surface area contributed by atoms with Crippen molar-refractivity contribution < 1.29 is 0 Å². The summed E-state index contributed by atoms with van der Waals surface area (Å²) in [5.41, 5.74) is 3.26. The van der Waals surface area contributed by atoms with Crippen molar-refractivity contribution in [3.63, 3.8) is 0 Å². The Morgan fingerprint density at radius 3 is 2.89 bits per heavy atom. The topological polar surface area (TPSA) is 90.3 Å². The van der Waals surface area contributed by atoms with Crippen LogP contribution in [0.1, 0.15) is 22.5 Å². The molecule has 0 saturated carbocycles. The lowest BCUT2D eigenvalue weighted by Gasteiger charge is -2.08. The van der Waals surface area contributed by atoms with Gasteiger partial charge in [-0.25, -0.2) is 4.98 Å². The number of nitriles is 1. The van der Waals surface area contributed by atoms with E-state index in [1.807, 2.05) is 13.8 Å². The van der Waals surface area contributed by atoms with E-state index in [1.54, 1.807) is 12.5 Å². The van der Waals surface area contributed by atoms with Crippen LogP contribution in [-0.4, -0.2) is 26.7 Å². The van der Waals surface area contributed by atoms with E-state index in [-0.39, 0.29) is 0 Å². The highest BCUT2D eigenvalue weighted by Gasteiger charge is 2.10. The number of aromatic amines is 1. The van der Waals surface area contributed by atoms with E-state index in [4.69, 9.17) is 5.26 Å². The van der Waals surface area contributed by atoms with E-state index < -0.39 is 0 Å². The molecule has 0 aromatic carbocycles. The fourth-order valence-corrected chi connectivity index (χ4v) is 1.61. The van der Waals surface area contributed by atoms with Crippen LogP contribution in [0.5, 0.6) is 0 Å². The standard InChI is InChI=1S/C12H14N6/c1-8-9(2)17-18-12(11(8)5-13)15-4-3-10-6-14-7-16-10/h6-7H,3-4H2,1-2H3,(H,14,16)(H,15,18). The quantitative estimate of drug-likeness (QED) is 0.844. The first kappa shape index (κ1) is 12.0. The van der Waals surface area contributed by atoms with E-state index in [9.17, 15) is 0 Å². The van der Waals surface area contributed by atoms with E-state index in [0.717, 1.165) is 23.4 Å². The van der Waals surface area contributed by atoms with Crippen molar-refractivity contribution in [3.8, 4) is 6.07 Å². The molecule has 2 aromatic heterocycles. The molecule has 0 fully saturated rings. The molecule has 0 radical (unpaired) electrons. The lowest BCUT2D eigenvalue weighted by Crippen LogP contribution is -2.10. The molecule has 0 aliphatic carbocycles.